The SMILES string of the molecule is CC1(C)CN(C(=O)c2cc(Cl)cc(Br)c2)CC(C)(C)O1. The van der Waals surface area contributed by atoms with E-state index in [1.807, 2.05) is 32.6 Å². The van der Waals surface area contributed by atoms with Crippen LogP contribution in [0.3, 0.4) is 0 Å². The van der Waals surface area contributed by atoms with Gasteiger partial charge in [0.25, 0.3) is 5.91 Å². The van der Waals surface area contributed by atoms with Gasteiger partial charge in [-0.2, -0.15) is 0 Å². The number of benzene rings is 1. The number of hydrogen-bond acceptors (Lipinski definition) is 2. The van der Waals surface area contributed by atoms with E-state index in [1.165, 1.54) is 0 Å². The number of morpholine rings is 1. The number of amides is 1. The lowest BCUT2D eigenvalue weighted by molar-refractivity contribution is -0.171. The van der Waals surface area contributed by atoms with Gasteiger partial charge in [-0.15, -0.1) is 0 Å². The van der Waals surface area contributed by atoms with Crippen LogP contribution in [0, 0.1) is 0 Å². The van der Waals surface area contributed by atoms with Crippen LogP contribution in [0.2, 0.25) is 5.02 Å². The van der Waals surface area contributed by atoms with Gasteiger partial charge in [0.1, 0.15) is 0 Å². The first-order valence-electron chi connectivity index (χ1n) is 6.54. The molecule has 1 aromatic carbocycles. The van der Waals surface area contributed by atoms with E-state index in [1.54, 1.807) is 18.2 Å². The van der Waals surface area contributed by atoms with Crippen molar-refractivity contribution in [2.24, 2.45) is 0 Å². The third-order valence-electron chi connectivity index (χ3n) is 3.09. The van der Waals surface area contributed by atoms with E-state index in [0.717, 1.165) is 4.47 Å². The highest BCUT2D eigenvalue weighted by Gasteiger charge is 2.40. The molecule has 1 amide bonds. The molecular weight excluding hydrogens is 342 g/mol. The lowest BCUT2D eigenvalue weighted by Crippen LogP contribution is -2.58. The Morgan fingerprint density at radius 3 is 2.25 bits per heavy atom. The van der Waals surface area contributed by atoms with E-state index >= 15 is 0 Å². The number of ether oxygens (including phenoxy) is 1. The van der Waals surface area contributed by atoms with Crippen LogP contribution in [-0.4, -0.2) is 35.1 Å². The first-order valence-corrected chi connectivity index (χ1v) is 7.71. The summed E-state index contributed by atoms with van der Waals surface area (Å²) in [6.07, 6.45) is 0. The molecule has 1 fully saturated rings. The summed E-state index contributed by atoms with van der Waals surface area (Å²) < 4.78 is 6.80. The lowest BCUT2D eigenvalue weighted by Gasteiger charge is -2.47. The average molecular weight is 361 g/mol. The number of carbonyl (C=O) groups excluding carboxylic acids is 1. The molecule has 1 aromatic rings. The Hall–Kier alpha value is -0.580. The summed E-state index contributed by atoms with van der Waals surface area (Å²) in [5.41, 5.74) is -0.113. The minimum atomic E-state index is -0.354. The summed E-state index contributed by atoms with van der Waals surface area (Å²) in [7, 11) is 0. The molecule has 0 aromatic heterocycles. The summed E-state index contributed by atoms with van der Waals surface area (Å²) in [5, 5.41) is 0.550. The molecule has 1 saturated heterocycles. The zero-order valence-corrected chi connectivity index (χ0v) is 14.5. The van der Waals surface area contributed by atoms with E-state index in [-0.39, 0.29) is 17.1 Å². The summed E-state index contributed by atoms with van der Waals surface area (Å²) in [6, 6.07) is 5.26. The zero-order valence-electron chi connectivity index (χ0n) is 12.2. The topological polar surface area (TPSA) is 29.5 Å². The molecule has 1 aliphatic heterocycles. The van der Waals surface area contributed by atoms with Crippen LogP contribution < -0.4 is 0 Å². The lowest BCUT2D eigenvalue weighted by atomic mass is 9.98. The third-order valence-corrected chi connectivity index (χ3v) is 3.77. The van der Waals surface area contributed by atoms with E-state index < -0.39 is 0 Å². The Balaban J connectivity index is 2.28. The molecule has 110 valence electrons. The molecule has 0 unspecified atom stereocenters. The van der Waals surface area contributed by atoms with Crippen molar-refractivity contribution in [2.75, 3.05) is 13.1 Å². The van der Waals surface area contributed by atoms with Gasteiger partial charge in [0.2, 0.25) is 0 Å². The largest absolute Gasteiger partial charge is 0.366 e. The molecule has 0 radical (unpaired) electrons. The van der Waals surface area contributed by atoms with Gasteiger partial charge >= 0.3 is 0 Å². The van der Waals surface area contributed by atoms with Gasteiger partial charge in [0, 0.05) is 28.1 Å². The first-order chi connectivity index (χ1) is 9.08. The van der Waals surface area contributed by atoms with Gasteiger partial charge in [-0.25, -0.2) is 0 Å². The molecule has 1 heterocycles. The van der Waals surface area contributed by atoms with Crippen LogP contribution in [0.15, 0.2) is 22.7 Å². The van der Waals surface area contributed by atoms with Crippen LogP contribution in [-0.2, 0) is 4.74 Å². The Labute approximate surface area is 133 Å². The van der Waals surface area contributed by atoms with Gasteiger partial charge in [-0.3, -0.25) is 4.79 Å². The van der Waals surface area contributed by atoms with Crippen molar-refractivity contribution >= 4 is 33.4 Å². The molecule has 0 spiro atoms. The maximum Gasteiger partial charge on any atom is 0.254 e. The Bertz CT molecular complexity index is 506. The quantitative estimate of drug-likeness (QED) is 0.753. The molecular formula is C15H19BrClNO2. The van der Waals surface area contributed by atoms with Crippen LogP contribution in [0.25, 0.3) is 0 Å². The second-order valence-corrected chi connectivity index (χ2v) is 7.79. The van der Waals surface area contributed by atoms with Crippen molar-refractivity contribution in [3.8, 4) is 0 Å². The molecule has 0 aliphatic carbocycles. The number of halogens is 2. The highest BCUT2D eigenvalue weighted by Crippen LogP contribution is 2.29. The van der Waals surface area contributed by atoms with Gasteiger partial charge in [-0.05, 0) is 45.9 Å². The van der Waals surface area contributed by atoms with Crippen molar-refractivity contribution in [2.45, 2.75) is 38.9 Å². The monoisotopic (exact) mass is 359 g/mol. The second-order valence-electron chi connectivity index (χ2n) is 6.44. The van der Waals surface area contributed by atoms with E-state index in [0.29, 0.717) is 23.7 Å². The summed E-state index contributed by atoms with van der Waals surface area (Å²) in [6.45, 7) is 9.15. The number of rotatable bonds is 1. The average Bonchev–Trinajstić information content (AvgIpc) is 2.22. The van der Waals surface area contributed by atoms with Crippen molar-refractivity contribution < 1.29 is 9.53 Å². The molecule has 0 saturated carbocycles. The predicted octanol–water partition coefficient (Wildman–Crippen LogP) is 4.13. The van der Waals surface area contributed by atoms with Gasteiger partial charge in [-0.1, -0.05) is 27.5 Å². The fourth-order valence-electron chi connectivity index (χ4n) is 2.79. The molecule has 0 atom stereocenters. The van der Waals surface area contributed by atoms with Crippen LogP contribution in [0.5, 0.6) is 0 Å². The number of nitrogens with zero attached hydrogens (tertiary/aromatic N) is 1. The van der Waals surface area contributed by atoms with E-state index in [9.17, 15) is 4.79 Å². The summed E-state index contributed by atoms with van der Waals surface area (Å²) in [5.74, 6) is -0.0161. The van der Waals surface area contributed by atoms with E-state index in [4.69, 9.17) is 16.3 Å². The highest BCUT2D eigenvalue weighted by atomic mass is 79.9. The minimum absolute atomic E-state index is 0.0161. The molecule has 1 aliphatic rings. The maximum atomic E-state index is 12.7. The van der Waals surface area contributed by atoms with Crippen LogP contribution >= 0.6 is 27.5 Å². The standard InChI is InChI=1S/C15H19BrClNO2/c1-14(2)8-18(9-15(3,4)20-14)13(19)10-5-11(16)7-12(17)6-10/h5-7H,8-9H2,1-4H3. The number of carbonyl (C=O) groups is 1. The molecule has 5 heteroatoms. The van der Waals surface area contributed by atoms with Gasteiger partial charge in [0.05, 0.1) is 11.2 Å². The Morgan fingerprint density at radius 1 is 1.20 bits per heavy atom. The fraction of sp³-hybridized carbons (Fsp3) is 0.533. The molecule has 2 rings (SSSR count). The third kappa shape index (κ3) is 3.74. The maximum absolute atomic E-state index is 12.7. The smallest absolute Gasteiger partial charge is 0.254 e. The molecule has 3 nitrogen and oxygen atoms in total. The predicted molar refractivity (Wildman–Crippen MR) is 84.3 cm³/mol. The van der Waals surface area contributed by atoms with Gasteiger partial charge in [0.15, 0.2) is 0 Å². The molecule has 0 bridgehead atoms. The minimum Gasteiger partial charge on any atom is -0.366 e. The highest BCUT2D eigenvalue weighted by molar-refractivity contribution is 9.10. The van der Waals surface area contributed by atoms with Crippen molar-refractivity contribution in [3.63, 3.8) is 0 Å². The fourth-order valence-corrected chi connectivity index (χ4v) is 3.65. The number of hydrogen-bond donors (Lipinski definition) is 0. The van der Waals surface area contributed by atoms with Crippen molar-refractivity contribution in [1.82, 2.24) is 4.90 Å². The summed E-state index contributed by atoms with van der Waals surface area (Å²) in [4.78, 5) is 14.5. The molecule has 20 heavy (non-hydrogen) atoms. The second kappa shape index (κ2) is 5.32. The van der Waals surface area contributed by atoms with Crippen molar-refractivity contribution in [1.29, 1.82) is 0 Å². The normalized spacial score (nSPS) is 20.8. The summed E-state index contributed by atoms with van der Waals surface area (Å²) >= 11 is 9.39. The molecule has 0 N–H and O–H groups in total. The Kier molecular flexibility index (Phi) is 4.20. The van der Waals surface area contributed by atoms with Crippen LogP contribution in [0.4, 0.5) is 0 Å². The Morgan fingerprint density at radius 2 is 1.75 bits per heavy atom. The van der Waals surface area contributed by atoms with Crippen molar-refractivity contribution in [3.05, 3.63) is 33.3 Å². The van der Waals surface area contributed by atoms with Crippen LogP contribution in [0.1, 0.15) is 38.1 Å². The first kappa shape index (κ1) is 15.8. The zero-order chi connectivity index (χ0) is 15.1. The van der Waals surface area contributed by atoms with Gasteiger partial charge < -0.3 is 9.64 Å². The van der Waals surface area contributed by atoms with E-state index in [2.05, 4.69) is 15.9 Å².